The standard InChI is InChI=1S/C16H17F2N5O2/c17-12-2-1-11(9-13(12)18)19-16(25)10-22-5-7-23(8-6-22)14-3-4-15(24)21-20-14/h1-4,9H,5-8,10H2,(H,19,25)(H,21,24). The molecule has 1 fully saturated rings. The summed E-state index contributed by atoms with van der Waals surface area (Å²) in [6.07, 6.45) is 0. The van der Waals surface area contributed by atoms with E-state index in [-0.39, 0.29) is 23.7 Å². The maximum absolute atomic E-state index is 13.1. The molecule has 1 amide bonds. The minimum atomic E-state index is -1.00. The van der Waals surface area contributed by atoms with Crippen molar-refractivity contribution in [3.8, 4) is 0 Å². The van der Waals surface area contributed by atoms with Gasteiger partial charge in [0, 0.05) is 44.0 Å². The molecule has 3 rings (SSSR count). The second kappa shape index (κ2) is 7.39. The van der Waals surface area contributed by atoms with Crippen LogP contribution in [0.25, 0.3) is 0 Å². The van der Waals surface area contributed by atoms with E-state index in [1.807, 2.05) is 9.80 Å². The molecule has 0 atom stereocenters. The average Bonchev–Trinajstić information content (AvgIpc) is 2.60. The largest absolute Gasteiger partial charge is 0.353 e. The lowest BCUT2D eigenvalue weighted by molar-refractivity contribution is -0.117. The topological polar surface area (TPSA) is 81.3 Å². The van der Waals surface area contributed by atoms with Crippen LogP contribution in [-0.4, -0.2) is 53.7 Å². The van der Waals surface area contributed by atoms with Crippen molar-refractivity contribution in [3.63, 3.8) is 0 Å². The fraction of sp³-hybridized carbons (Fsp3) is 0.312. The zero-order chi connectivity index (χ0) is 17.8. The van der Waals surface area contributed by atoms with Crippen LogP contribution in [0.15, 0.2) is 35.1 Å². The van der Waals surface area contributed by atoms with Gasteiger partial charge in [-0.1, -0.05) is 0 Å². The predicted octanol–water partition coefficient (Wildman–Crippen LogP) is 0.809. The fourth-order valence-corrected chi connectivity index (χ4v) is 2.63. The minimum Gasteiger partial charge on any atom is -0.353 e. The van der Waals surface area contributed by atoms with Crippen molar-refractivity contribution in [2.24, 2.45) is 0 Å². The number of hydrogen-bond donors (Lipinski definition) is 2. The minimum absolute atomic E-state index is 0.159. The van der Waals surface area contributed by atoms with E-state index in [0.717, 1.165) is 12.1 Å². The molecule has 2 aromatic rings. The number of carbonyl (C=O) groups excluding carboxylic acids is 1. The van der Waals surface area contributed by atoms with Gasteiger partial charge in [-0.05, 0) is 18.2 Å². The summed E-state index contributed by atoms with van der Waals surface area (Å²) in [4.78, 5) is 27.0. The van der Waals surface area contributed by atoms with Crippen molar-refractivity contribution >= 4 is 17.4 Å². The first kappa shape index (κ1) is 17.0. The van der Waals surface area contributed by atoms with Gasteiger partial charge >= 0.3 is 0 Å². The van der Waals surface area contributed by atoms with Gasteiger partial charge in [0.25, 0.3) is 5.56 Å². The highest BCUT2D eigenvalue weighted by Gasteiger charge is 2.20. The predicted molar refractivity (Wildman–Crippen MR) is 88.5 cm³/mol. The molecule has 132 valence electrons. The van der Waals surface area contributed by atoms with Gasteiger partial charge < -0.3 is 10.2 Å². The average molecular weight is 349 g/mol. The third-order valence-corrected chi connectivity index (χ3v) is 3.93. The van der Waals surface area contributed by atoms with E-state index in [9.17, 15) is 18.4 Å². The summed E-state index contributed by atoms with van der Waals surface area (Å²) in [6.45, 7) is 2.78. The Balaban J connectivity index is 1.49. The number of H-pyrrole nitrogens is 1. The van der Waals surface area contributed by atoms with E-state index in [1.165, 1.54) is 12.1 Å². The van der Waals surface area contributed by atoms with Crippen LogP contribution in [0.3, 0.4) is 0 Å². The number of aromatic amines is 1. The number of anilines is 2. The van der Waals surface area contributed by atoms with Gasteiger partial charge in [-0.3, -0.25) is 14.5 Å². The molecule has 9 heteroatoms. The molecule has 0 saturated carbocycles. The van der Waals surface area contributed by atoms with E-state index in [0.29, 0.717) is 32.0 Å². The molecular formula is C16H17F2N5O2. The first-order valence-electron chi connectivity index (χ1n) is 7.79. The first-order chi connectivity index (χ1) is 12.0. The van der Waals surface area contributed by atoms with Gasteiger partial charge in [-0.2, -0.15) is 5.10 Å². The van der Waals surface area contributed by atoms with Crippen molar-refractivity contribution in [2.75, 3.05) is 42.9 Å². The number of benzene rings is 1. The van der Waals surface area contributed by atoms with Gasteiger partial charge in [0.2, 0.25) is 5.91 Å². The van der Waals surface area contributed by atoms with E-state index in [4.69, 9.17) is 0 Å². The molecule has 7 nitrogen and oxygen atoms in total. The van der Waals surface area contributed by atoms with E-state index < -0.39 is 11.6 Å². The van der Waals surface area contributed by atoms with Gasteiger partial charge in [-0.25, -0.2) is 13.9 Å². The Morgan fingerprint density at radius 3 is 2.52 bits per heavy atom. The third-order valence-electron chi connectivity index (χ3n) is 3.93. The van der Waals surface area contributed by atoms with Crippen LogP contribution < -0.4 is 15.8 Å². The normalized spacial score (nSPS) is 15.2. The number of piperazine rings is 1. The van der Waals surface area contributed by atoms with Crippen LogP contribution in [0.5, 0.6) is 0 Å². The monoisotopic (exact) mass is 349 g/mol. The van der Waals surface area contributed by atoms with Crippen molar-refractivity contribution in [3.05, 3.63) is 52.3 Å². The second-order valence-electron chi connectivity index (χ2n) is 5.72. The SMILES string of the molecule is O=C(CN1CCN(c2ccc(=O)[nH]n2)CC1)Nc1ccc(F)c(F)c1. The van der Waals surface area contributed by atoms with Gasteiger partial charge in [0.1, 0.15) is 5.82 Å². The molecular weight excluding hydrogens is 332 g/mol. The fourth-order valence-electron chi connectivity index (χ4n) is 2.63. The Labute approximate surface area is 142 Å². The molecule has 1 saturated heterocycles. The summed E-state index contributed by atoms with van der Waals surface area (Å²) in [5, 5.41) is 8.93. The van der Waals surface area contributed by atoms with Crippen molar-refractivity contribution in [2.45, 2.75) is 0 Å². The summed E-state index contributed by atoms with van der Waals surface area (Å²) in [7, 11) is 0. The van der Waals surface area contributed by atoms with Crippen molar-refractivity contribution in [1.29, 1.82) is 0 Å². The van der Waals surface area contributed by atoms with Crippen LogP contribution in [0.2, 0.25) is 0 Å². The Morgan fingerprint density at radius 1 is 1.12 bits per heavy atom. The molecule has 0 spiro atoms. The summed E-state index contributed by atoms with van der Waals surface area (Å²) in [5.41, 5.74) is -0.0312. The lowest BCUT2D eigenvalue weighted by Gasteiger charge is -2.34. The van der Waals surface area contributed by atoms with E-state index in [1.54, 1.807) is 6.07 Å². The number of aromatic nitrogens is 2. The molecule has 2 heterocycles. The quantitative estimate of drug-likeness (QED) is 0.854. The highest BCUT2D eigenvalue weighted by atomic mass is 19.2. The number of hydrogen-bond acceptors (Lipinski definition) is 5. The van der Waals surface area contributed by atoms with Crippen molar-refractivity contribution < 1.29 is 13.6 Å². The van der Waals surface area contributed by atoms with Gasteiger partial charge in [-0.15, -0.1) is 0 Å². The Morgan fingerprint density at radius 2 is 1.88 bits per heavy atom. The van der Waals surface area contributed by atoms with E-state index in [2.05, 4.69) is 15.5 Å². The molecule has 1 aliphatic heterocycles. The number of carbonyl (C=O) groups is 1. The summed E-state index contributed by atoms with van der Waals surface area (Å²) < 4.78 is 26.0. The van der Waals surface area contributed by atoms with Gasteiger partial charge in [0.05, 0.1) is 6.54 Å². The lowest BCUT2D eigenvalue weighted by Crippen LogP contribution is -2.49. The second-order valence-corrected chi connectivity index (χ2v) is 5.72. The Bertz CT molecular complexity index is 798. The molecule has 1 aromatic carbocycles. The molecule has 0 radical (unpaired) electrons. The smallest absolute Gasteiger partial charge is 0.264 e. The summed E-state index contributed by atoms with van der Waals surface area (Å²) in [5.74, 6) is -1.56. The van der Waals surface area contributed by atoms with Gasteiger partial charge in [0.15, 0.2) is 11.6 Å². The molecule has 25 heavy (non-hydrogen) atoms. The molecule has 0 aliphatic carbocycles. The summed E-state index contributed by atoms with van der Waals surface area (Å²) in [6, 6.07) is 6.32. The number of nitrogens with zero attached hydrogens (tertiary/aromatic N) is 3. The van der Waals surface area contributed by atoms with Crippen LogP contribution in [0.4, 0.5) is 20.3 Å². The number of rotatable bonds is 4. The molecule has 2 N–H and O–H groups in total. The lowest BCUT2D eigenvalue weighted by atomic mass is 10.2. The molecule has 0 bridgehead atoms. The van der Waals surface area contributed by atoms with Crippen LogP contribution >= 0.6 is 0 Å². The van der Waals surface area contributed by atoms with Crippen LogP contribution in [0, 0.1) is 11.6 Å². The number of amides is 1. The highest BCUT2D eigenvalue weighted by Crippen LogP contribution is 2.14. The number of halogens is 2. The Kier molecular flexibility index (Phi) is 5.03. The molecule has 1 aromatic heterocycles. The zero-order valence-corrected chi connectivity index (χ0v) is 13.3. The maximum Gasteiger partial charge on any atom is 0.264 e. The Hall–Kier alpha value is -2.81. The number of nitrogens with one attached hydrogen (secondary N) is 2. The van der Waals surface area contributed by atoms with Crippen LogP contribution in [0.1, 0.15) is 0 Å². The van der Waals surface area contributed by atoms with Crippen LogP contribution in [-0.2, 0) is 4.79 Å². The zero-order valence-electron chi connectivity index (χ0n) is 13.3. The first-order valence-corrected chi connectivity index (χ1v) is 7.79. The molecule has 1 aliphatic rings. The maximum atomic E-state index is 13.1. The summed E-state index contributed by atoms with van der Waals surface area (Å²) >= 11 is 0. The molecule has 0 unspecified atom stereocenters. The highest BCUT2D eigenvalue weighted by molar-refractivity contribution is 5.92. The van der Waals surface area contributed by atoms with E-state index >= 15 is 0 Å². The van der Waals surface area contributed by atoms with Crippen molar-refractivity contribution in [1.82, 2.24) is 15.1 Å². The third kappa shape index (κ3) is 4.38.